The quantitative estimate of drug-likeness (QED) is 0.684. The van der Waals surface area contributed by atoms with Crippen molar-refractivity contribution in [3.05, 3.63) is 36.2 Å². The Hall–Kier alpha value is -2.63. The van der Waals surface area contributed by atoms with E-state index in [1.165, 1.54) is 0 Å². The molecule has 0 aliphatic carbocycles. The van der Waals surface area contributed by atoms with Gasteiger partial charge >= 0.3 is 5.97 Å². The van der Waals surface area contributed by atoms with E-state index in [-0.39, 0.29) is 18.1 Å². The van der Waals surface area contributed by atoms with Gasteiger partial charge in [-0.15, -0.1) is 0 Å². The third-order valence-corrected chi connectivity index (χ3v) is 3.39. The number of ether oxygens (including phenoxy) is 1. The van der Waals surface area contributed by atoms with E-state index in [0.717, 1.165) is 0 Å². The summed E-state index contributed by atoms with van der Waals surface area (Å²) in [7, 11) is 0. The first-order valence-corrected chi connectivity index (χ1v) is 7.60. The molecule has 0 amide bonds. The zero-order valence-electron chi connectivity index (χ0n) is 13.6. The van der Waals surface area contributed by atoms with Crippen LogP contribution in [0, 0.1) is 0 Å². The summed E-state index contributed by atoms with van der Waals surface area (Å²) in [5, 5.41) is 5.04. The van der Waals surface area contributed by atoms with Crippen molar-refractivity contribution < 1.29 is 13.9 Å². The van der Waals surface area contributed by atoms with Crippen LogP contribution < -0.4 is 0 Å². The van der Waals surface area contributed by atoms with Gasteiger partial charge in [0.25, 0.3) is 0 Å². The Balaban J connectivity index is 2.22. The molecule has 23 heavy (non-hydrogen) atoms. The second-order valence-electron chi connectivity index (χ2n) is 5.91. The van der Waals surface area contributed by atoms with Crippen LogP contribution in [0.4, 0.5) is 0 Å². The van der Waals surface area contributed by atoms with E-state index in [9.17, 15) is 4.79 Å². The van der Waals surface area contributed by atoms with Crippen LogP contribution >= 0.6 is 0 Å². The molecule has 0 bridgehead atoms. The van der Waals surface area contributed by atoms with Crippen LogP contribution in [-0.2, 0) is 4.74 Å². The standard InChI is InChI=1S/C17H19N3O3/c1-10(2)20-16-13(9-18-20)12(17(21)23-11(3)4)8-14(19-16)15-6-5-7-22-15/h5-11H,1-4H3. The van der Waals surface area contributed by atoms with Crippen LogP contribution in [0.2, 0.25) is 0 Å². The van der Waals surface area contributed by atoms with Crippen molar-refractivity contribution in [1.82, 2.24) is 14.8 Å². The summed E-state index contributed by atoms with van der Waals surface area (Å²) in [6.45, 7) is 7.67. The van der Waals surface area contributed by atoms with E-state index in [1.807, 2.05) is 33.8 Å². The molecule has 0 radical (unpaired) electrons. The Morgan fingerprint density at radius 1 is 1.30 bits per heavy atom. The molecule has 0 aliphatic rings. The molecule has 0 saturated carbocycles. The van der Waals surface area contributed by atoms with Crippen LogP contribution in [0.1, 0.15) is 44.1 Å². The average Bonchev–Trinajstić information content (AvgIpc) is 3.14. The summed E-state index contributed by atoms with van der Waals surface area (Å²) < 4.78 is 12.6. The number of fused-ring (bicyclic) bond motifs is 1. The Kier molecular flexibility index (Phi) is 3.90. The van der Waals surface area contributed by atoms with Crippen LogP contribution in [-0.4, -0.2) is 26.8 Å². The number of hydrogen-bond acceptors (Lipinski definition) is 5. The first-order chi connectivity index (χ1) is 11.0. The molecular formula is C17H19N3O3. The third kappa shape index (κ3) is 2.84. The summed E-state index contributed by atoms with van der Waals surface area (Å²) in [6, 6.07) is 5.41. The molecule has 0 aliphatic heterocycles. The van der Waals surface area contributed by atoms with Crippen molar-refractivity contribution in [3.63, 3.8) is 0 Å². The molecular weight excluding hydrogens is 294 g/mol. The summed E-state index contributed by atoms with van der Waals surface area (Å²) in [5.74, 6) is 0.213. The van der Waals surface area contributed by atoms with Gasteiger partial charge in [-0.1, -0.05) is 0 Å². The second-order valence-corrected chi connectivity index (χ2v) is 5.91. The molecule has 0 atom stereocenters. The van der Waals surface area contributed by atoms with Gasteiger partial charge < -0.3 is 9.15 Å². The Morgan fingerprint density at radius 2 is 2.09 bits per heavy atom. The maximum Gasteiger partial charge on any atom is 0.339 e. The molecule has 0 fully saturated rings. The third-order valence-electron chi connectivity index (χ3n) is 3.39. The van der Waals surface area contributed by atoms with Gasteiger partial charge in [0.1, 0.15) is 5.69 Å². The lowest BCUT2D eigenvalue weighted by Gasteiger charge is -2.11. The van der Waals surface area contributed by atoms with Crippen molar-refractivity contribution in [3.8, 4) is 11.5 Å². The number of rotatable bonds is 4. The highest BCUT2D eigenvalue weighted by Crippen LogP contribution is 2.27. The minimum atomic E-state index is -0.386. The van der Waals surface area contributed by atoms with Gasteiger partial charge in [0.15, 0.2) is 11.4 Å². The minimum absolute atomic E-state index is 0.126. The van der Waals surface area contributed by atoms with Crippen LogP contribution in [0.5, 0.6) is 0 Å². The highest BCUT2D eigenvalue weighted by atomic mass is 16.5. The second kappa shape index (κ2) is 5.87. The Labute approximate surface area is 134 Å². The molecule has 3 aromatic rings. The highest BCUT2D eigenvalue weighted by molar-refractivity contribution is 6.03. The van der Waals surface area contributed by atoms with Gasteiger partial charge in [-0.3, -0.25) is 0 Å². The number of esters is 1. The predicted octanol–water partition coefficient (Wildman–Crippen LogP) is 3.84. The SMILES string of the molecule is CC(C)OC(=O)c1cc(-c2ccco2)nc2c1cnn2C(C)C. The number of pyridine rings is 1. The van der Waals surface area contributed by atoms with Crippen molar-refractivity contribution in [2.24, 2.45) is 0 Å². The van der Waals surface area contributed by atoms with E-state index >= 15 is 0 Å². The highest BCUT2D eigenvalue weighted by Gasteiger charge is 2.20. The monoisotopic (exact) mass is 313 g/mol. The summed E-state index contributed by atoms with van der Waals surface area (Å²) in [4.78, 5) is 17.1. The van der Waals surface area contributed by atoms with Gasteiger partial charge in [-0.05, 0) is 45.9 Å². The molecule has 0 saturated heterocycles. The first kappa shape index (κ1) is 15.3. The van der Waals surface area contributed by atoms with Gasteiger partial charge in [-0.25, -0.2) is 14.5 Å². The van der Waals surface area contributed by atoms with Gasteiger partial charge in [0.2, 0.25) is 0 Å². The first-order valence-electron chi connectivity index (χ1n) is 7.60. The van der Waals surface area contributed by atoms with E-state index in [0.29, 0.717) is 28.1 Å². The molecule has 3 aromatic heterocycles. The van der Waals surface area contributed by atoms with Crippen molar-refractivity contribution in [2.45, 2.75) is 39.8 Å². The van der Waals surface area contributed by atoms with Crippen molar-refractivity contribution in [2.75, 3.05) is 0 Å². The fraction of sp³-hybridized carbons (Fsp3) is 0.353. The normalized spacial score (nSPS) is 11.6. The van der Waals surface area contributed by atoms with Crippen LogP contribution in [0.25, 0.3) is 22.5 Å². The zero-order valence-corrected chi connectivity index (χ0v) is 13.6. The molecule has 3 rings (SSSR count). The average molecular weight is 313 g/mol. The van der Waals surface area contributed by atoms with E-state index in [4.69, 9.17) is 9.15 Å². The lowest BCUT2D eigenvalue weighted by Crippen LogP contribution is -2.12. The van der Waals surface area contributed by atoms with Crippen molar-refractivity contribution >= 4 is 17.0 Å². The number of carbonyl (C=O) groups is 1. The van der Waals surface area contributed by atoms with E-state index < -0.39 is 0 Å². The molecule has 6 nitrogen and oxygen atoms in total. The van der Waals surface area contributed by atoms with E-state index in [1.54, 1.807) is 29.3 Å². The van der Waals surface area contributed by atoms with Gasteiger partial charge in [-0.2, -0.15) is 5.10 Å². The molecule has 6 heteroatoms. The summed E-state index contributed by atoms with van der Waals surface area (Å²) in [6.07, 6.45) is 3.04. The molecule has 0 unspecified atom stereocenters. The summed E-state index contributed by atoms with van der Waals surface area (Å²) >= 11 is 0. The van der Waals surface area contributed by atoms with Crippen LogP contribution in [0.15, 0.2) is 35.1 Å². The lowest BCUT2D eigenvalue weighted by molar-refractivity contribution is 0.0380. The number of furan rings is 1. The smallest absolute Gasteiger partial charge is 0.339 e. The molecule has 120 valence electrons. The molecule has 0 aromatic carbocycles. The molecule has 0 spiro atoms. The Bertz CT molecular complexity index is 832. The Morgan fingerprint density at radius 3 is 2.70 bits per heavy atom. The maximum atomic E-state index is 12.5. The van der Waals surface area contributed by atoms with Gasteiger partial charge in [0, 0.05) is 6.04 Å². The van der Waals surface area contributed by atoms with Gasteiger partial charge in [0.05, 0.1) is 29.5 Å². The molecule has 3 heterocycles. The fourth-order valence-electron chi connectivity index (χ4n) is 2.39. The van der Waals surface area contributed by atoms with Crippen molar-refractivity contribution in [1.29, 1.82) is 0 Å². The fourth-order valence-corrected chi connectivity index (χ4v) is 2.39. The number of hydrogen-bond donors (Lipinski definition) is 0. The maximum absolute atomic E-state index is 12.5. The topological polar surface area (TPSA) is 70.2 Å². The number of carbonyl (C=O) groups excluding carboxylic acids is 1. The zero-order chi connectivity index (χ0) is 16.6. The lowest BCUT2D eigenvalue weighted by atomic mass is 10.1. The number of aromatic nitrogens is 3. The molecule has 0 N–H and O–H groups in total. The predicted molar refractivity (Wildman–Crippen MR) is 86.2 cm³/mol. The van der Waals surface area contributed by atoms with Crippen LogP contribution in [0.3, 0.4) is 0 Å². The summed E-state index contributed by atoms with van der Waals surface area (Å²) in [5.41, 5.74) is 1.67. The number of nitrogens with zero attached hydrogens (tertiary/aromatic N) is 3. The minimum Gasteiger partial charge on any atom is -0.463 e. The van der Waals surface area contributed by atoms with E-state index in [2.05, 4.69) is 10.1 Å². The largest absolute Gasteiger partial charge is 0.463 e.